The molecule has 0 saturated heterocycles. The highest BCUT2D eigenvalue weighted by molar-refractivity contribution is 14.1. The number of hydrogen-bond donors (Lipinski definition) is 1. The lowest BCUT2D eigenvalue weighted by Gasteiger charge is -2.19. The highest BCUT2D eigenvalue weighted by Gasteiger charge is 2.07. The van der Waals surface area contributed by atoms with Crippen LogP contribution in [0.25, 0.3) is 0 Å². The van der Waals surface area contributed by atoms with Gasteiger partial charge in [0.15, 0.2) is 0 Å². The Morgan fingerprint density at radius 3 is 2.94 bits per heavy atom. The van der Waals surface area contributed by atoms with E-state index in [0.717, 1.165) is 21.5 Å². The van der Waals surface area contributed by atoms with Crippen molar-refractivity contribution in [3.63, 3.8) is 0 Å². The number of hydrogen-bond acceptors (Lipinski definition) is 4. The number of aromatic nitrogens is 1. The molecule has 0 spiro atoms. The van der Waals surface area contributed by atoms with E-state index in [4.69, 9.17) is 5.73 Å². The van der Waals surface area contributed by atoms with Crippen LogP contribution in [0.3, 0.4) is 0 Å². The molecule has 3 nitrogen and oxygen atoms in total. The van der Waals surface area contributed by atoms with Crippen LogP contribution in [0.4, 0.5) is 11.4 Å². The molecule has 1 heterocycles. The molecule has 16 heavy (non-hydrogen) atoms. The summed E-state index contributed by atoms with van der Waals surface area (Å²) in [6.45, 7) is 0.823. The van der Waals surface area contributed by atoms with Crippen LogP contribution in [0.1, 0.15) is 5.69 Å². The Balaban J connectivity index is 2.17. The summed E-state index contributed by atoms with van der Waals surface area (Å²) >= 11 is 3.93. The van der Waals surface area contributed by atoms with E-state index in [1.165, 1.54) is 5.69 Å². The van der Waals surface area contributed by atoms with E-state index in [1.807, 2.05) is 23.7 Å². The predicted octanol–water partition coefficient (Wildman–Crippen LogP) is 2.97. The van der Waals surface area contributed by atoms with Crippen molar-refractivity contribution in [3.05, 3.63) is 38.4 Å². The standard InChI is InChI=1S/C11H12IN3S/c1-15(5-9-6-16-7-14-9)11-3-2-8(13)4-10(11)12/h2-4,6-7H,5,13H2,1H3. The van der Waals surface area contributed by atoms with Crippen molar-refractivity contribution < 1.29 is 0 Å². The molecule has 0 fully saturated rings. The van der Waals surface area contributed by atoms with Crippen LogP contribution in [0, 0.1) is 3.57 Å². The number of nitrogens with two attached hydrogens (primary N) is 1. The lowest BCUT2D eigenvalue weighted by molar-refractivity contribution is 0.892. The summed E-state index contributed by atoms with van der Waals surface area (Å²) in [5, 5.41) is 2.07. The third kappa shape index (κ3) is 2.65. The van der Waals surface area contributed by atoms with Gasteiger partial charge in [-0.3, -0.25) is 0 Å². The van der Waals surface area contributed by atoms with Crippen molar-refractivity contribution in [1.29, 1.82) is 0 Å². The van der Waals surface area contributed by atoms with Gasteiger partial charge in [0.05, 0.1) is 23.4 Å². The van der Waals surface area contributed by atoms with E-state index in [2.05, 4.69) is 44.9 Å². The van der Waals surface area contributed by atoms with Crippen molar-refractivity contribution in [2.45, 2.75) is 6.54 Å². The van der Waals surface area contributed by atoms with Crippen molar-refractivity contribution in [2.24, 2.45) is 0 Å². The molecule has 1 aromatic carbocycles. The molecule has 84 valence electrons. The fourth-order valence-corrected chi connectivity index (χ4v) is 2.98. The van der Waals surface area contributed by atoms with Crippen LogP contribution < -0.4 is 10.6 Å². The molecule has 0 unspecified atom stereocenters. The Morgan fingerprint density at radius 2 is 2.31 bits per heavy atom. The largest absolute Gasteiger partial charge is 0.399 e. The third-order valence-electron chi connectivity index (χ3n) is 2.27. The Labute approximate surface area is 112 Å². The molecule has 0 atom stereocenters. The maximum atomic E-state index is 5.73. The molecule has 0 bridgehead atoms. The van der Waals surface area contributed by atoms with E-state index in [0.29, 0.717) is 0 Å². The lowest BCUT2D eigenvalue weighted by Crippen LogP contribution is -2.17. The lowest BCUT2D eigenvalue weighted by atomic mass is 10.2. The van der Waals surface area contributed by atoms with Gasteiger partial charge < -0.3 is 10.6 Å². The number of rotatable bonds is 3. The molecule has 1 aromatic heterocycles. The van der Waals surface area contributed by atoms with Crippen molar-refractivity contribution >= 4 is 45.3 Å². The third-order valence-corrected chi connectivity index (χ3v) is 3.76. The number of nitrogen functional groups attached to an aromatic ring is 1. The van der Waals surface area contributed by atoms with Gasteiger partial charge in [-0.05, 0) is 40.8 Å². The Bertz CT molecular complexity index is 470. The van der Waals surface area contributed by atoms with Crippen LogP contribution in [0.5, 0.6) is 0 Å². The zero-order chi connectivity index (χ0) is 11.5. The van der Waals surface area contributed by atoms with Gasteiger partial charge in [0.2, 0.25) is 0 Å². The van der Waals surface area contributed by atoms with E-state index in [9.17, 15) is 0 Å². The average molecular weight is 345 g/mol. The first kappa shape index (κ1) is 11.7. The Hall–Kier alpha value is -0.820. The molecular formula is C11H12IN3S. The highest BCUT2D eigenvalue weighted by atomic mass is 127. The normalized spacial score (nSPS) is 10.4. The zero-order valence-corrected chi connectivity index (χ0v) is 11.8. The van der Waals surface area contributed by atoms with Gasteiger partial charge in [-0.2, -0.15) is 0 Å². The van der Waals surface area contributed by atoms with Gasteiger partial charge >= 0.3 is 0 Å². The fraction of sp³-hybridized carbons (Fsp3) is 0.182. The molecule has 2 N–H and O–H groups in total. The first-order chi connectivity index (χ1) is 7.66. The number of thiazole rings is 1. The van der Waals surface area contributed by atoms with Crippen LogP contribution >= 0.6 is 33.9 Å². The molecular weight excluding hydrogens is 333 g/mol. The summed E-state index contributed by atoms with van der Waals surface area (Å²) < 4.78 is 1.16. The smallest absolute Gasteiger partial charge is 0.0795 e. The minimum atomic E-state index is 0.801. The van der Waals surface area contributed by atoms with E-state index >= 15 is 0 Å². The molecule has 5 heteroatoms. The second kappa shape index (κ2) is 5.01. The SMILES string of the molecule is CN(Cc1cscn1)c1ccc(N)cc1I. The van der Waals surface area contributed by atoms with Gasteiger partial charge in [0.25, 0.3) is 0 Å². The quantitative estimate of drug-likeness (QED) is 0.687. The summed E-state index contributed by atoms with van der Waals surface area (Å²) in [6, 6.07) is 5.95. The fourth-order valence-electron chi connectivity index (χ4n) is 1.48. The Morgan fingerprint density at radius 1 is 1.50 bits per heavy atom. The minimum absolute atomic E-state index is 0.801. The number of nitrogens with zero attached hydrogens (tertiary/aromatic N) is 2. The number of anilines is 2. The minimum Gasteiger partial charge on any atom is -0.399 e. The molecule has 0 amide bonds. The van der Waals surface area contributed by atoms with Gasteiger partial charge in [-0.25, -0.2) is 4.98 Å². The summed E-state index contributed by atoms with van der Waals surface area (Å²) in [4.78, 5) is 6.46. The van der Waals surface area contributed by atoms with Gasteiger partial charge in [0, 0.05) is 21.7 Å². The summed E-state index contributed by atoms with van der Waals surface area (Å²) in [6.07, 6.45) is 0. The molecule has 0 saturated carbocycles. The highest BCUT2D eigenvalue weighted by Crippen LogP contribution is 2.24. The van der Waals surface area contributed by atoms with Gasteiger partial charge in [-0.15, -0.1) is 11.3 Å². The van der Waals surface area contributed by atoms with Crippen LogP contribution in [0.2, 0.25) is 0 Å². The van der Waals surface area contributed by atoms with Crippen LogP contribution in [-0.4, -0.2) is 12.0 Å². The average Bonchev–Trinajstić information content (AvgIpc) is 2.70. The van der Waals surface area contributed by atoms with Crippen LogP contribution in [-0.2, 0) is 6.54 Å². The van der Waals surface area contributed by atoms with Gasteiger partial charge in [-0.1, -0.05) is 0 Å². The monoisotopic (exact) mass is 345 g/mol. The molecule has 0 aliphatic carbocycles. The van der Waals surface area contributed by atoms with E-state index in [1.54, 1.807) is 11.3 Å². The predicted molar refractivity (Wildman–Crippen MR) is 77.8 cm³/mol. The second-order valence-corrected chi connectivity index (χ2v) is 5.43. The van der Waals surface area contributed by atoms with Crippen LogP contribution in [0.15, 0.2) is 29.1 Å². The summed E-state index contributed by atoms with van der Waals surface area (Å²) in [5.41, 5.74) is 10.7. The zero-order valence-electron chi connectivity index (χ0n) is 8.85. The molecule has 0 aliphatic rings. The van der Waals surface area contributed by atoms with Gasteiger partial charge in [0.1, 0.15) is 0 Å². The molecule has 0 aliphatic heterocycles. The van der Waals surface area contributed by atoms with E-state index in [-0.39, 0.29) is 0 Å². The molecule has 0 radical (unpaired) electrons. The van der Waals surface area contributed by atoms with Crippen molar-refractivity contribution in [2.75, 3.05) is 17.7 Å². The maximum Gasteiger partial charge on any atom is 0.0795 e. The summed E-state index contributed by atoms with van der Waals surface area (Å²) in [5.74, 6) is 0. The summed E-state index contributed by atoms with van der Waals surface area (Å²) in [7, 11) is 2.06. The first-order valence-electron chi connectivity index (χ1n) is 4.80. The van der Waals surface area contributed by atoms with E-state index < -0.39 is 0 Å². The maximum absolute atomic E-state index is 5.73. The first-order valence-corrected chi connectivity index (χ1v) is 6.82. The van der Waals surface area contributed by atoms with Crippen molar-refractivity contribution in [1.82, 2.24) is 4.98 Å². The Kier molecular flexibility index (Phi) is 3.65. The topological polar surface area (TPSA) is 42.2 Å². The molecule has 2 rings (SSSR count). The molecule has 2 aromatic rings. The number of benzene rings is 1. The second-order valence-electron chi connectivity index (χ2n) is 3.55. The van der Waals surface area contributed by atoms with Crippen molar-refractivity contribution in [3.8, 4) is 0 Å². The number of halogens is 1.